The number of carbonyl (C=O) groups excluding carboxylic acids is 1. The van der Waals surface area contributed by atoms with Crippen molar-refractivity contribution >= 4 is 5.91 Å². The number of hydrogen-bond donors (Lipinski definition) is 2. The van der Waals surface area contributed by atoms with Gasteiger partial charge in [0.2, 0.25) is 5.91 Å². The van der Waals surface area contributed by atoms with Crippen molar-refractivity contribution in [2.75, 3.05) is 13.2 Å². The number of allylic oxidation sites excluding steroid dienone is 1. The van der Waals surface area contributed by atoms with Gasteiger partial charge in [0.15, 0.2) is 0 Å². The fourth-order valence-electron chi connectivity index (χ4n) is 2.74. The molecule has 0 bridgehead atoms. The summed E-state index contributed by atoms with van der Waals surface area (Å²) >= 11 is 0. The predicted molar refractivity (Wildman–Crippen MR) is 93.1 cm³/mol. The van der Waals surface area contributed by atoms with Crippen molar-refractivity contribution in [3.05, 3.63) is 48.0 Å². The Bertz CT molecular complexity index is 487. The molecule has 0 spiro atoms. The first-order valence-electron chi connectivity index (χ1n) is 8.61. The van der Waals surface area contributed by atoms with Gasteiger partial charge >= 0.3 is 0 Å². The molecular weight excluding hydrogens is 288 g/mol. The lowest BCUT2D eigenvalue weighted by atomic mass is 10.0. The molecule has 1 unspecified atom stereocenters. The first-order chi connectivity index (χ1) is 11.3. The second-order valence-corrected chi connectivity index (χ2v) is 6.06. The molecule has 0 radical (unpaired) electrons. The minimum Gasteiger partial charge on any atom is -0.372 e. The van der Waals surface area contributed by atoms with Crippen LogP contribution in [0.15, 0.2) is 42.5 Å². The molecule has 0 aromatic heterocycles. The number of hydrogen-bond acceptors (Lipinski definition) is 3. The highest BCUT2D eigenvalue weighted by molar-refractivity contribution is 5.81. The van der Waals surface area contributed by atoms with Crippen molar-refractivity contribution in [2.45, 2.75) is 50.7 Å². The summed E-state index contributed by atoms with van der Waals surface area (Å²) < 4.78 is 5.82. The number of nitrogens with one attached hydrogen (secondary N) is 1. The number of amides is 1. The maximum atomic E-state index is 12.0. The molecule has 0 saturated carbocycles. The molecule has 4 nitrogen and oxygen atoms in total. The van der Waals surface area contributed by atoms with E-state index in [2.05, 4.69) is 17.5 Å². The molecule has 1 amide bonds. The van der Waals surface area contributed by atoms with Crippen molar-refractivity contribution in [3.8, 4) is 0 Å². The first kappa shape index (κ1) is 17.7. The summed E-state index contributed by atoms with van der Waals surface area (Å²) in [6.45, 7) is 1.03. The van der Waals surface area contributed by atoms with E-state index in [0.717, 1.165) is 18.4 Å². The lowest BCUT2D eigenvalue weighted by Gasteiger charge is -2.17. The van der Waals surface area contributed by atoms with Crippen LogP contribution in [0.1, 0.15) is 37.7 Å². The predicted octanol–water partition coefficient (Wildman–Crippen LogP) is 2.58. The average molecular weight is 316 g/mol. The summed E-state index contributed by atoms with van der Waals surface area (Å²) in [5.41, 5.74) is 7.02. The highest BCUT2D eigenvalue weighted by Gasteiger charge is 2.13. The molecule has 0 heterocycles. The highest BCUT2D eigenvalue weighted by atomic mass is 16.5. The number of rotatable bonds is 7. The van der Waals surface area contributed by atoms with Gasteiger partial charge in [-0.2, -0.15) is 0 Å². The third-order valence-corrected chi connectivity index (χ3v) is 4.08. The Hall–Kier alpha value is -1.65. The SMILES string of the molecule is N[C@@H](Cc1ccccc1)C(=O)NCCOC1/C=C\CCCCC1. The van der Waals surface area contributed by atoms with Crippen LogP contribution in [0.25, 0.3) is 0 Å². The van der Waals surface area contributed by atoms with Crippen LogP contribution in [0.2, 0.25) is 0 Å². The van der Waals surface area contributed by atoms with Crippen LogP contribution in [0, 0.1) is 0 Å². The fourth-order valence-corrected chi connectivity index (χ4v) is 2.74. The Morgan fingerprint density at radius 2 is 2.09 bits per heavy atom. The summed E-state index contributed by atoms with van der Waals surface area (Å²) in [5, 5.41) is 2.86. The maximum absolute atomic E-state index is 12.0. The molecule has 1 aliphatic rings. The van der Waals surface area contributed by atoms with Gasteiger partial charge in [-0.05, 0) is 31.2 Å². The molecule has 0 aliphatic heterocycles. The molecule has 0 saturated heterocycles. The Kier molecular flexibility index (Phi) is 7.84. The van der Waals surface area contributed by atoms with Gasteiger partial charge in [-0.1, -0.05) is 55.3 Å². The van der Waals surface area contributed by atoms with Crippen LogP contribution in [0.5, 0.6) is 0 Å². The Balaban J connectivity index is 1.63. The van der Waals surface area contributed by atoms with Crippen molar-refractivity contribution in [1.82, 2.24) is 5.32 Å². The van der Waals surface area contributed by atoms with Crippen LogP contribution in [0.4, 0.5) is 0 Å². The first-order valence-corrected chi connectivity index (χ1v) is 8.61. The molecule has 3 N–H and O–H groups in total. The number of carbonyl (C=O) groups is 1. The lowest BCUT2D eigenvalue weighted by Crippen LogP contribution is -2.43. The second-order valence-electron chi connectivity index (χ2n) is 6.06. The van der Waals surface area contributed by atoms with Crippen molar-refractivity contribution < 1.29 is 9.53 Å². The summed E-state index contributed by atoms with van der Waals surface area (Å²) in [7, 11) is 0. The Morgan fingerprint density at radius 3 is 2.91 bits per heavy atom. The van der Waals surface area contributed by atoms with E-state index in [1.807, 2.05) is 30.3 Å². The van der Waals surface area contributed by atoms with E-state index in [4.69, 9.17) is 10.5 Å². The second kappa shape index (κ2) is 10.2. The summed E-state index contributed by atoms with van der Waals surface area (Å²) in [5.74, 6) is -0.120. The molecule has 1 aromatic rings. The van der Waals surface area contributed by atoms with Gasteiger partial charge in [0.05, 0.1) is 18.8 Å². The maximum Gasteiger partial charge on any atom is 0.237 e. The number of ether oxygens (including phenoxy) is 1. The van der Waals surface area contributed by atoms with Gasteiger partial charge in [-0.15, -0.1) is 0 Å². The van der Waals surface area contributed by atoms with E-state index >= 15 is 0 Å². The third-order valence-electron chi connectivity index (χ3n) is 4.08. The number of nitrogens with two attached hydrogens (primary N) is 1. The molecule has 0 fully saturated rings. The summed E-state index contributed by atoms with van der Waals surface area (Å²) in [6.07, 6.45) is 11.1. The molecule has 2 rings (SSSR count). The van der Waals surface area contributed by atoms with Gasteiger partial charge in [0.1, 0.15) is 0 Å². The van der Waals surface area contributed by atoms with Crippen LogP contribution in [-0.4, -0.2) is 31.2 Å². The Morgan fingerprint density at radius 1 is 1.26 bits per heavy atom. The highest BCUT2D eigenvalue weighted by Crippen LogP contribution is 2.13. The number of benzene rings is 1. The minimum atomic E-state index is -0.515. The van der Waals surface area contributed by atoms with E-state index in [-0.39, 0.29) is 12.0 Å². The summed E-state index contributed by atoms with van der Waals surface area (Å²) in [4.78, 5) is 12.0. The topological polar surface area (TPSA) is 64.4 Å². The van der Waals surface area contributed by atoms with Crippen LogP contribution >= 0.6 is 0 Å². The monoisotopic (exact) mass is 316 g/mol. The van der Waals surface area contributed by atoms with E-state index in [1.165, 1.54) is 19.3 Å². The van der Waals surface area contributed by atoms with E-state index in [1.54, 1.807) is 0 Å². The van der Waals surface area contributed by atoms with Crippen LogP contribution < -0.4 is 11.1 Å². The van der Waals surface area contributed by atoms with E-state index in [0.29, 0.717) is 19.6 Å². The van der Waals surface area contributed by atoms with Gasteiger partial charge in [0, 0.05) is 6.54 Å². The molecule has 126 valence electrons. The zero-order chi connectivity index (χ0) is 16.3. The quantitative estimate of drug-likeness (QED) is 0.600. The van der Waals surface area contributed by atoms with Crippen molar-refractivity contribution in [3.63, 3.8) is 0 Å². The lowest BCUT2D eigenvalue weighted by molar-refractivity contribution is -0.122. The molecule has 4 heteroatoms. The molecule has 23 heavy (non-hydrogen) atoms. The third kappa shape index (κ3) is 6.97. The Labute approximate surface area is 139 Å². The smallest absolute Gasteiger partial charge is 0.237 e. The fraction of sp³-hybridized carbons (Fsp3) is 0.526. The molecule has 1 aromatic carbocycles. The normalized spacial score (nSPS) is 21.0. The molecule has 2 atom stereocenters. The standard InChI is InChI=1S/C19H28N2O2/c20-18(15-16-9-5-4-6-10-16)19(22)21-13-14-23-17-11-7-2-1-3-8-12-17/h4-7,9-11,17-18H,1-3,8,12-15,20H2,(H,21,22)/b11-7-/t17?,18-/m0/s1. The van der Waals surface area contributed by atoms with Crippen molar-refractivity contribution in [1.29, 1.82) is 0 Å². The van der Waals surface area contributed by atoms with E-state index in [9.17, 15) is 4.79 Å². The zero-order valence-corrected chi connectivity index (χ0v) is 13.7. The average Bonchev–Trinajstić information content (AvgIpc) is 2.53. The van der Waals surface area contributed by atoms with Crippen LogP contribution in [0.3, 0.4) is 0 Å². The van der Waals surface area contributed by atoms with Crippen molar-refractivity contribution in [2.24, 2.45) is 5.73 Å². The zero-order valence-electron chi connectivity index (χ0n) is 13.7. The van der Waals surface area contributed by atoms with Gasteiger partial charge < -0.3 is 15.8 Å². The van der Waals surface area contributed by atoms with Gasteiger partial charge in [0.25, 0.3) is 0 Å². The molecular formula is C19H28N2O2. The van der Waals surface area contributed by atoms with E-state index < -0.39 is 6.04 Å². The van der Waals surface area contributed by atoms with Gasteiger partial charge in [-0.3, -0.25) is 4.79 Å². The molecule has 1 aliphatic carbocycles. The van der Waals surface area contributed by atoms with Crippen LogP contribution in [-0.2, 0) is 16.0 Å². The summed E-state index contributed by atoms with van der Waals surface area (Å²) in [6, 6.07) is 9.32. The largest absolute Gasteiger partial charge is 0.372 e. The van der Waals surface area contributed by atoms with Gasteiger partial charge in [-0.25, -0.2) is 0 Å². The minimum absolute atomic E-state index is 0.120.